The topological polar surface area (TPSA) is 30.7 Å². The first-order valence-electron chi connectivity index (χ1n) is 16.2. The minimum atomic E-state index is 0.725. The van der Waals surface area contributed by atoms with Crippen LogP contribution >= 0.6 is 11.3 Å². The zero-order chi connectivity index (χ0) is 31.6. The van der Waals surface area contributed by atoms with Gasteiger partial charge in [-0.3, -0.25) is 0 Å². The molecule has 0 unspecified atom stereocenters. The molecule has 48 heavy (non-hydrogen) atoms. The van der Waals surface area contributed by atoms with Gasteiger partial charge in [-0.1, -0.05) is 115 Å². The van der Waals surface area contributed by atoms with E-state index in [4.69, 9.17) is 9.97 Å². The van der Waals surface area contributed by atoms with Crippen molar-refractivity contribution >= 4 is 64.2 Å². The van der Waals surface area contributed by atoms with Crippen molar-refractivity contribution < 1.29 is 0 Å². The van der Waals surface area contributed by atoms with Crippen LogP contribution in [0.4, 0.5) is 0 Å². The Morgan fingerprint density at radius 3 is 2.02 bits per heavy atom. The van der Waals surface area contributed by atoms with Crippen LogP contribution in [0.3, 0.4) is 0 Å². The molecule has 0 aliphatic carbocycles. The van der Waals surface area contributed by atoms with Gasteiger partial charge in [0.05, 0.1) is 22.2 Å². The number of hydrogen-bond donors (Lipinski definition) is 0. The van der Waals surface area contributed by atoms with Crippen LogP contribution in [-0.4, -0.2) is 14.5 Å². The zero-order valence-corrected chi connectivity index (χ0v) is 26.7. The van der Waals surface area contributed by atoms with Gasteiger partial charge in [-0.15, -0.1) is 11.3 Å². The van der Waals surface area contributed by atoms with E-state index >= 15 is 0 Å². The Balaban J connectivity index is 1.27. The van der Waals surface area contributed by atoms with Gasteiger partial charge >= 0.3 is 0 Å². The third-order valence-electron chi connectivity index (χ3n) is 9.39. The summed E-state index contributed by atoms with van der Waals surface area (Å²) in [6.07, 6.45) is 0. The third-order valence-corrected chi connectivity index (χ3v) is 10.6. The molecule has 10 aromatic rings. The van der Waals surface area contributed by atoms with Crippen LogP contribution in [-0.2, 0) is 0 Å². The van der Waals surface area contributed by atoms with Gasteiger partial charge in [-0.2, -0.15) is 0 Å². The van der Waals surface area contributed by atoms with Gasteiger partial charge in [0.2, 0.25) is 0 Å². The second kappa shape index (κ2) is 10.7. The van der Waals surface area contributed by atoms with E-state index in [-0.39, 0.29) is 0 Å². The molecule has 0 saturated heterocycles. The highest BCUT2D eigenvalue weighted by Crippen LogP contribution is 2.43. The highest BCUT2D eigenvalue weighted by molar-refractivity contribution is 7.26. The van der Waals surface area contributed by atoms with E-state index in [1.54, 1.807) is 0 Å². The van der Waals surface area contributed by atoms with Crippen molar-refractivity contribution in [3.8, 4) is 39.5 Å². The normalized spacial score (nSPS) is 11.8. The molecule has 3 nitrogen and oxygen atoms in total. The first-order chi connectivity index (χ1) is 23.8. The van der Waals surface area contributed by atoms with Crippen LogP contribution in [0.1, 0.15) is 0 Å². The number of fused-ring (bicyclic) bond motifs is 8. The smallest absolute Gasteiger partial charge is 0.160 e. The van der Waals surface area contributed by atoms with Gasteiger partial charge in [0.15, 0.2) is 5.82 Å². The molecule has 0 N–H and O–H groups in total. The predicted molar refractivity (Wildman–Crippen MR) is 203 cm³/mol. The molecule has 3 heterocycles. The van der Waals surface area contributed by atoms with Gasteiger partial charge in [-0.05, 0) is 59.7 Å². The van der Waals surface area contributed by atoms with Crippen molar-refractivity contribution in [3.05, 3.63) is 164 Å². The molecule has 0 radical (unpaired) electrons. The second-order valence-corrected chi connectivity index (χ2v) is 13.2. The Labute approximate surface area is 281 Å². The Hall–Kier alpha value is -6.10. The average molecular weight is 630 g/mol. The number of para-hydroxylation sites is 2. The molecule has 0 saturated carbocycles. The van der Waals surface area contributed by atoms with E-state index in [0.717, 1.165) is 44.8 Å². The molecule has 0 amide bonds. The van der Waals surface area contributed by atoms with Crippen molar-refractivity contribution in [2.75, 3.05) is 0 Å². The molecule has 0 aliphatic heterocycles. The quantitative estimate of drug-likeness (QED) is 0.194. The Morgan fingerprint density at radius 2 is 1.15 bits per heavy atom. The number of nitrogens with zero attached hydrogens (tertiary/aromatic N) is 3. The summed E-state index contributed by atoms with van der Waals surface area (Å²) in [6, 6.07) is 58.2. The van der Waals surface area contributed by atoms with Crippen LogP contribution in [0.25, 0.3) is 92.3 Å². The van der Waals surface area contributed by atoms with Crippen molar-refractivity contribution in [1.82, 2.24) is 14.5 Å². The third kappa shape index (κ3) is 4.20. The zero-order valence-electron chi connectivity index (χ0n) is 25.8. The summed E-state index contributed by atoms with van der Waals surface area (Å²) in [5.41, 5.74) is 9.81. The van der Waals surface area contributed by atoms with Crippen LogP contribution in [0.5, 0.6) is 0 Å². The van der Waals surface area contributed by atoms with Crippen LogP contribution in [0.2, 0.25) is 0 Å². The summed E-state index contributed by atoms with van der Waals surface area (Å²) >= 11 is 1.82. The number of benzene rings is 7. The van der Waals surface area contributed by atoms with Crippen molar-refractivity contribution in [2.24, 2.45) is 0 Å². The van der Waals surface area contributed by atoms with Crippen LogP contribution in [0.15, 0.2) is 164 Å². The maximum absolute atomic E-state index is 5.44. The molecule has 10 rings (SSSR count). The maximum atomic E-state index is 5.44. The minimum Gasteiger partial charge on any atom is -0.309 e. The number of thiophene rings is 1. The van der Waals surface area contributed by atoms with E-state index in [2.05, 4.69) is 168 Å². The van der Waals surface area contributed by atoms with Crippen molar-refractivity contribution in [1.29, 1.82) is 0 Å². The first-order valence-corrected chi connectivity index (χ1v) is 17.0. The van der Waals surface area contributed by atoms with Gasteiger partial charge in [0, 0.05) is 53.1 Å². The van der Waals surface area contributed by atoms with Crippen molar-refractivity contribution in [3.63, 3.8) is 0 Å². The molecular weight excluding hydrogens is 603 g/mol. The highest BCUT2D eigenvalue weighted by atomic mass is 32.1. The van der Waals surface area contributed by atoms with Crippen molar-refractivity contribution in [2.45, 2.75) is 0 Å². The number of rotatable bonds is 4. The Morgan fingerprint density at radius 1 is 0.438 bits per heavy atom. The van der Waals surface area contributed by atoms with E-state index in [0.29, 0.717) is 0 Å². The summed E-state index contributed by atoms with van der Waals surface area (Å²) < 4.78 is 4.85. The molecule has 4 heteroatoms. The Bertz CT molecular complexity index is 2830. The Kier molecular flexibility index (Phi) is 6.05. The number of hydrogen-bond acceptors (Lipinski definition) is 3. The van der Waals surface area contributed by atoms with Gasteiger partial charge in [0.1, 0.15) is 0 Å². The average Bonchev–Trinajstić information content (AvgIpc) is 3.71. The summed E-state index contributed by atoms with van der Waals surface area (Å²) in [5, 5.41) is 6.04. The molecule has 3 aromatic heterocycles. The number of aromatic nitrogens is 3. The largest absolute Gasteiger partial charge is 0.309 e. The molecule has 0 spiro atoms. The molecule has 0 fully saturated rings. The van der Waals surface area contributed by atoms with Gasteiger partial charge in [-0.25, -0.2) is 9.97 Å². The predicted octanol–water partition coefficient (Wildman–Crippen LogP) is 12.1. The van der Waals surface area contributed by atoms with E-state index < -0.39 is 0 Å². The molecule has 0 atom stereocenters. The fourth-order valence-electron chi connectivity index (χ4n) is 7.18. The van der Waals surface area contributed by atoms with E-state index in [9.17, 15) is 0 Å². The van der Waals surface area contributed by atoms with Crippen LogP contribution < -0.4 is 0 Å². The summed E-state index contributed by atoms with van der Waals surface area (Å²) in [7, 11) is 0. The molecular formula is C44H27N3S. The molecule has 0 aliphatic rings. The molecule has 0 bridgehead atoms. The lowest BCUT2D eigenvalue weighted by molar-refractivity contribution is 1.18. The summed E-state index contributed by atoms with van der Waals surface area (Å²) in [5.74, 6) is 0.725. The fraction of sp³-hybridized carbons (Fsp3) is 0. The summed E-state index contributed by atoms with van der Waals surface area (Å²) in [4.78, 5) is 10.7. The van der Waals surface area contributed by atoms with Crippen LogP contribution in [0, 0.1) is 0 Å². The first kappa shape index (κ1) is 27.1. The SMILES string of the molecule is c1ccc(-c2cccc(-c3nc(-c4ccc5c(c4)c4ccccc4n5-c4ccccc4)c4c(ccc5c6ccccc6sc54)n3)c2)cc1. The lowest BCUT2D eigenvalue weighted by Crippen LogP contribution is -1.96. The maximum Gasteiger partial charge on any atom is 0.160 e. The minimum absolute atomic E-state index is 0.725. The monoisotopic (exact) mass is 629 g/mol. The van der Waals surface area contributed by atoms with E-state index in [1.165, 1.54) is 47.5 Å². The fourth-order valence-corrected chi connectivity index (χ4v) is 8.43. The second-order valence-electron chi connectivity index (χ2n) is 12.2. The highest BCUT2D eigenvalue weighted by Gasteiger charge is 2.19. The van der Waals surface area contributed by atoms with Gasteiger partial charge < -0.3 is 4.57 Å². The summed E-state index contributed by atoms with van der Waals surface area (Å²) in [6.45, 7) is 0. The van der Waals surface area contributed by atoms with Gasteiger partial charge in [0.25, 0.3) is 0 Å². The van der Waals surface area contributed by atoms with E-state index in [1.807, 2.05) is 11.3 Å². The standard InChI is InChI=1S/C44H27N3S/c1-3-12-28(13-4-1)29-14-11-15-31(26-29)44-45-37-24-23-35-34-19-8-10-21-40(34)48-43(35)41(37)42(46-44)30-22-25-39-36(27-30)33-18-7-9-20-38(33)47(39)32-16-5-2-6-17-32/h1-27H. The lowest BCUT2D eigenvalue weighted by Gasteiger charge is -2.12. The molecule has 7 aromatic carbocycles. The molecule has 224 valence electrons. The lowest BCUT2D eigenvalue weighted by atomic mass is 10.0.